The van der Waals surface area contributed by atoms with Crippen molar-refractivity contribution in [3.8, 4) is 0 Å². The van der Waals surface area contributed by atoms with Crippen LogP contribution in [0.2, 0.25) is 0 Å². The van der Waals surface area contributed by atoms with Crippen molar-refractivity contribution in [1.29, 1.82) is 0 Å². The molecule has 0 bridgehead atoms. The third-order valence-corrected chi connectivity index (χ3v) is 5.84. The molecule has 0 unspecified atom stereocenters. The normalized spacial score (nSPS) is 12.1. The van der Waals surface area contributed by atoms with Crippen molar-refractivity contribution < 1.29 is 12.8 Å². The second-order valence-electron chi connectivity index (χ2n) is 6.41. The zero-order chi connectivity index (χ0) is 19.2. The van der Waals surface area contributed by atoms with E-state index in [2.05, 4.69) is 9.71 Å². The number of imidazole rings is 1. The van der Waals surface area contributed by atoms with Gasteiger partial charge >= 0.3 is 5.63 Å². The molecule has 0 saturated carbocycles. The van der Waals surface area contributed by atoms with E-state index in [0.29, 0.717) is 16.5 Å². The first-order valence-electron chi connectivity index (χ1n) is 8.28. The van der Waals surface area contributed by atoms with Gasteiger partial charge in [-0.3, -0.25) is 0 Å². The maximum absolute atomic E-state index is 12.7. The Morgan fingerprint density at radius 1 is 1.15 bits per heavy atom. The lowest BCUT2D eigenvalue weighted by Gasteiger charge is -2.09. The van der Waals surface area contributed by atoms with Crippen LogP contribution in [-0.4, -0.2) is 18.0 Å². The van der Waals surface area contributed by atoms with Crippen LogP contribution in [0.4, 0.5) is 0 Å². The third-order valence-electron chi connectivity index (χ3n) is 4.44. The van der Waals surface area contributed by atoms with Crippen molar-refractivity contribution in [1.82, 2.24) is 14.3 Å². The van der Waals surface area contributed by atoms with Gasteiger partial charge in [-0.2, -0.15) is 0 Å². The number of hydrogen-bond donors (Lipinski definition) is 1. The van der Waals surface area contributed by atoms with Crippen LogP contribution < -0.4 is 10.3 Å². The average molecular weight is 383 g/mol. The lowest BCUT2D eigenvalue weighted by atomic mass is 10.2. The minimum Gasteiger partial charge on any atom is -0.421 e. The van der Waals surface area contributed by atoms with E-state index >= 15 is 0 Å². The van der Waals surface area contributed by atoms with E-state index in [4.69, 9.17) is 4.42 Å². The van der Waals surface area contributed by atoms with Crippen LogP contribution in [-0.2, 0) is 23.6 Å². The lowest BCUT2D eigenvalue weighted by Crippen LogP contribution is -2.23. The molecule has 0 aliphatic heterocycles. The number of rotatable bonds is 4. The summed E-state index contributed by atoms with van der Waals surface area (Å²) in [5.41, 5.74) is 2.45. The summed E-state index contributed by atoms with van der Waals surface area (Å²) >= 11 is 0. The monoisotopic (exact) mass is 383 g/mol. The van der Waals surface area contributed by atoms with Gasteiger partial charge in [0, 0.05) is 19.0 Å². The van der Waals surface area contributed by atoms with Crippen LogP contribution >= 0.6 is 0 Å². The number of nitrogens with zero attached hydrogens (tertiary/aromatic N) is 2. The maximum atomic E-state index is 12.7. The summed E-state index contributed by atoms with van der Waals surface area (Å²) in [5.74, 6) is 0. The molecule has 0 aliphatic carbocycles. The van der Waals surface area contributed by atoms with Crippen molar-refractivity contribution in [3.63, 3.8) is 0 Å². The number of benzene rings is 2. The van der Waals surface area contributed by atoms with Gasteiger partial charge in [0.25, 0.3) is 0 Å². The lowest BCUT2D eigenvalue weighted by molar-refractivity contribution is 0.567. The van der Waals surface area contributed by atoms with Gasteiger partial charge in [0.05, 0.1) is 16.7 Å². The van der Waals surface area contributed by atoms with Gasteiger partial charge in [-0.1, -0.05) is 29.8 Å². The quantitative estimate of drug-likeness (QED) is 0.546. The van der Waals surface area contributed by atoms with E-state index in [-0.39, 0.29) is 17.0 Å². The highest BCUT2D eigenvalue weighted by Gasteiger charge is 2.18. The van der Waals surface area contributed by atoms with E-state index in [9.17, 15) is 13.2 Å². The molecule has 0 aliphatic rings. The third kappa shape index (κ3) is 3.13. The Bertz CT molecular complexity index is 1320. The Hall–Kier alpha value is -2.97. The van der Waals surface area contributed by atoms with Gasteiger partial charge < -0.3 is 8.98 Å². The van der Waals surface area contributed by atoms with Crippen LogP contribution in [0, 0.1) is 6.92 Å². The molecule has 2 aromatic heterocycles. The number of aromatic nitrogens is 2. The minimum absolute atomic E-state index is 0.0958. The minimum atomic E-state index is -3.73. The molecular formula is C19H17N3O4S. The van der Waals surface area contributed by atoms with E-state index < -0.39 is 15.6 Å². The predicted molar refractivity (Wildman–Crippen MR) is 102 cm³/mol. The fourth-order valence-electron chi connectivity index (χ4n) is 2.96. The number of sulfonamides is 1. The fraction of sp³-hybridized carbons (Fsp3) is 0.158. The molecule has 0 spiro atoms. The fourth-order valence-corrected chi connectivity index (χ4v) is 4.01. The van der Waals surface area contributed by atoms with Crippen molar-refractivity contribution in [3.05, 3.63) is 70.3 Å². The van der Waals surface area contributed by atoms with Gasteiger partial charge in [-0.25, -0.2) is 22.9 Å². The van der Waals surface area contributed by atoms with Crippen molar-refractivity contribution in [2.24, 2.45) is 7.05 Å². The van der Waals surface area contributed by atoms with E-state index in [1.54, 1.807) is 11.6 Å². The van der Waals surface area contributed by atoms with E-state index in [0.717, 1.165) is 11.1 Å². The zero-order valence-electron chi connectivity index (χ0n) is 14.8. The van der Waals surface area contributed by atoms with Crippen LogP contribution in [0.5, 0.6) is 0 Å². The highest BCUT2D eigenvalue weighted by molar-refractivity contribution is 7.89. The topological polar surface area (TPSA) is 94.2 Å². The number of hydrogen-bond acceptors (Lipinski definition) is 5. The Labute approximate surface area is 155 Å². The first kappa shape index (κ1) is 17.4. The smallest absolute Gasteiger partial charge is 0.364 e. The summed E-state index contributed by atoms with van der Waals surface area (Å²) in [6, 6.07) is 12.0. The van der Waals surface area contributed by atoms with Crippen LogP contribution in [0.25, 0.3) is 22.0 Å². The largest absolute Gasteiger partial charge is 0.421 e. The Balaban J connectivity index is 1.75. The molecule has 138 valence electrons. The van der Waals surface area contributed by atoms with Crippen molar-refractivity contribution in [2.75, 3.05) is 0 Å². The van der Waals surface area contributed by atoms with Gasteiger partial charge in [-0.05, 0) is 30.7 Å². The molecule has 0 amide bonds. The highest BCUT2D eigenvalue weighted by atomic mass is 32.2. The number of aryl methyl sites for hydroxylation is 2. The summed E-state index contributed by atoms with van der Waals surface area (Å²) in [5, 5.41) is 0.516. The SMILES string of the molecule is Cc1ccc(CNS(=O)(=O)c2ccc3oc(=O)c4ncn(C)c4c3c2)cc1. The van der Waals surface area contributed by atoms with Crippen molar-refractivity contribution >= 4 is 32.0 Å². The Morgan fingerprint density at radius 3 is 2.63 bits per heavy atom. The first-order chi connectivity index (χ1) is 12.8. The standard InChI is InChI=1S/C19H17N3O4S/c1-12-3-5-13(6-4-12)10-21-27(24,25)14-7-8-16-15(9-14)18-17(19(23)26-16)20-11-22(18)2/h3-9,11,21H,10H2,1-2H3. The first-order valence-corrected chi connectivity index (χ1v) is 9.76. The molecule has 0 radical (unpaired) electrons. The number of nitrogens with one attached hydrogen (secondary N) is 1. The molecule has 4 aromatic rings. The molecule has 2 heterocycles. The molecule has 7 nitrogen and oxygen atoms in total. The zero-order valence-corrected chi connectivity index (χ0v) is 15.6. The van der Waals surface area contributed by atoms with Gasteiger partial charge in [-0.15, -0.1) is 0 Å². The van der Waals surface area contributed by atoms with Crippen LogP contribution in [0.1, 0.15) is 11.1 Å². The van der Waals surface area contributed by atoms with Gasteiger partial charge in [0.1, 0.15) is 5.58 Å². The summed E-state index contributed by atoms with van der Waals surface area (Å²) < 4.78 is 35.0. The van der Waals surface area contributed by atoms with Crippen molar-refractivity contribution in [2.45, 2.75) is 18.4 Å². The molecule has 8 heteroatoms. The van der Waals surface area contributed by atoms with Gasteiger partial charge in [0.15, 0.2) is 5.52 Å². The Morgan fingerprint density at radius 2 is 1.89 bits per heavy atom. The van der Waals surface area contributed by atoms with Gasteiger partial charge in [0.2, 0.25) is 10.0 Å². The summed E-state index contributed by atoms with van der Waals surface area (Å²) in [4.78, 5) is 16.1. The molecule has 4 rings (SSSR count). The molecule has 27 heavy (non-hydrogen) atoms. The highest BCUT2D eigenvalue weighted by Crippen LogP contribution is 2.25. The molecule has 1 N–H and O–H groups in total. The average Bonchev–Trinajstić information content (AvgIpc) is 3.04. The van der Waals surface area contributed by atoms with Crippen LogP contribution in [0.15, 0.2) is 62.9 Å². The summed E-state index contributed by atoms with van der Waals surface area (Å²) in [7, 11) is -1.99. The summed E-state index contributed by atoms with van der Waals surface area (Å²) in [6.07, 6.45) is 1.50. The molecule has 2 aromatic carbocycles. The molecule has 0 saturated heterocycles. The van der Waals surface area contributed by atoms with Crippen LogP contribution in [0.3, 0.4) is 0 Å². The second-order valence-corrected chi connectivity index (χ2v) is 8.18. The number of fused-ring (bicyclic) bond motifs is 3. The molecular weight excluding hydrogens is 366 g/mol. The Kier molecular flexibility index (Phi) is 4.09. The predicted octanol–water partition coefficient (Wildman–Crippen LogP) is 2.47. The second kappa shape index (κ2) is 6.33. The summed E-state index contributed by atoms with van der Waals surface area (Å²) in [6.45, 7) is 2.16. The molecule has 0 atom stereocenters. The molecule has 0 fully saturated rings. The maximum Gasteiger partial charge on any atom is 0.364 e. The van der Waals surface area contributed by atoms with E-state index in [1.807, 2.05) is 31.2 Å². The van der Waals surface area contributed by atoms with E-state index in [1.165, 1.54) is 24.5 Å².